The lowest BCUT2D eigenvalue weighted by Crippen LogP contribution is -2.28. The lowest BCUT2D eigenvalue weighted by atomic mass is 10.1. The molecule has 0 spiro atoms. The third-order valence-electron chi connectivity index (χ3n) is 5.21. The van der Waals surface area contributed by atoms with E-state index in [1.807, 2.05) is 24.9 Å². The van der Waals surface area contributed by atoms with Crippen molar-refractivity contribution in [3.63, 3.8) is 0 Å². The number of aromatic nitrogens is 4. The van der Waals surface area contributed by atoms with Crippen LogP contribution in [0.3, 0.4) is 0 Å². The minimum Gasteiger partial charge on any atom is -0.376 e. The third-order valence-corrected chi connectivity index (χ3v) is 5.21. The van der Waals surface area contributed by atoms with Gasteiger partial charge in [-0.25, -0.2) is 4.39 Å². The molecule has 29 heavy (non-hydrogen) atoms. The molecule has 0 saturated carbocycles. The number of amides is 1. The van der Waals surface area contributed by atoms with Gasteiger partial charge in [-0.05, 0) is 24.6 Å². The molecule has 0 saturated heterocycles. The molecule has 3 heterocycles. The van der Waals surface area contributed by atoms with Crippen LogP contribution in [0.1, 0.15) is 38.6 Å². The minimum atomic E-state index is -0.271. The summed E-state index contributed by atoms with van der Waals surface area (Å²) >= 11 is 0. The van der Waals surface area contributed by atoms with Crippen LogP contribution in [0.4, 0.5) is 4.39 Å². The summed E-state index contributed by atoms with van der Waals surface area (Å²) in [6.07, 6.45) is 2.62. The molecule has 2 aromatic heterocycles. The van der Waals surface area contributed by atoms with Gasteiger partial charge in [0.05, 0.1) is 25.5 Å². The Morgan fingerprint density at radius 1 is 1.28 bits per heavy atom. The van der Waals surface area contributed by atoms with Gasteiger partial charge in [0, 0.05) is 50.1 Å². The summed E-state index contributed by atoms with van der Waals surface area (Å²) in [7, 11) is 3.63. The molecule has 0 radical (unpaired) electrons. The number of carbonyl (C=O) groups excluding carboxylic acids is 1. The van der Waals surface area contributed by atoms with E-state index >= 15 is 0 Å². The Hall–Kier alpha value is -3.00. The quantitative estimate of drug-likeness (QED) is 0.663. The van der Waals surface area contributed by atoms with Gasteiger partial charge in [0.25, 0.3) is 5.91 Å². The fourth-order valence-corrected chi connectivity index (χ4v) is 3.69. The van der Waals surface area contributed by atoms with Crippen molar-refractivity contribution < 1.29 is 13.9 Å². The zero-order chi connectivity index (χ0) is 20.5. The van der Waals surface area contributed by atoms with Crippen molar-refractivity contribution in [2.24, 2.45) is 7.05 Å². The average molecular weight is 397 g/mol. The lowest BCUT2D eigenvalue weighted by molar-refractivity contribution is 0.0764. The summed E-state index contributed by atoms with van der Waals surface area (Å²) in [5, 5.41) is 8.97. The number of rotatable bonds is 5. The summed E-state index contributed by atoms with van der Waals surface area (Å²) in [5.41, 5.74) is 5.11. The SMILES string of the molecule is Cc1nn(C)cc1CN(C)C(=O)c1nn(Cc2ccc(F)cc2)c2c1COCC2. The van der Waals surface area contributed by atoms with E-state index in [0.29, 0.717) is 38.4 Å². The van der Waals surface area contributed by atoms with Crippen LogP contribution in [0.2, 0.25) is 0 Å². The van der Waals surface area contributed by atoms with Gasteiger partial charge in [0.2, 0.25) is 0 Å². The largest absolute Gasteiger partial charge is 0.376 e. The Morgan fingerprint density at radius 3 is 2.72 bits per heavy atom. The van der Waals surface area contributed by atoms with Crippen LogP contribution in [0.15, 0.2) is 30.5 Å². The van der Waals surface area contributed by atoms with Crippen molar-refractivity contribution >= 4 is 5.91 Å². The van der Waals surface area contributed by atoms with E-state index in [-0.39, 0.29) is 11.7 Å². The Kier molecular flexibility index (Phi) is 5.19. The van der Waals surface area contributed by atoms with Crippen LogP contribution in [0, 0.1) is 12.7 Å². The van der Waals surface area contributed by atoms with Crippen LogP contribution in [-0.2, 0) is 37.9 Å². The lowest BCUT2D eigenvalue weighted by Gasteiger charge is -2.18. The summed E-state index contributed by atoms with van der Waals surface area (Å²) in [4.78, 5) is 14.8. The summed E-state index contributed by atoms with van der Waals surface area (Å²) < 4.78 is 22.4. The van der Waals surface area contributed by atoms with E-state index < -0.39 is 0 Å². The fourth-order valence-electron chi connectivity index (χ4n) is 3.69. The number of nitrogens with zero attached hydrogens (tertiary/aromatic N) is 5. The fraction of sp³-hybridized carbons (Fsp3) is 0.381. The maximum absolute atomic E-state index is 13.2. The molecule has 1 aliphatic rings. The normalized spacial score (nSPS) is 13.4. The molecule has 1 amide bonds. The first-order valence-electron chi connectivity index (χ1n) is 9.57. The highest BCUT2D eigenvalue weighted by Gasteiger charge is 2.27. The molecule has 7 nitrogen and oxygen atoms in total. The van der Waals surface area contributed by atoms with Crippen LogP contribution in [0.5, 0.6) is 0 Å². The molecule has 0 atom stereocenters. The second-order valence-corrected chi connectivity index (χ2v) is 7.44. The number of carbonyl (C=O) groups is 1. The van der Waals surface area contributed by atoms with Crippen molar-refractivity contribution in [3.8, 4) is 0 Å². The summed E-state index contributed by atoms with van der Waals surface area (Å²) in [6.45, 7) is 3.85. The second-order valence-electron chi connectivity index (χ2n) is 7.44. The zero-order valence-corrected chi connectivity index (χ0v) is 16.9. The average Bonchev–Trinajstić information content (AvgIpc) is 3.22. The molecule has 3 aromatic rings. The van der Waals surface area contributed by atoms with Crippen LogP contribution in [0.25, 0.3) is 0 Å². The number of aryl methyl sites for hydroxylation is 2. The van der Waals surface area contributed by atoms with E-state index in [0.717, 1.165) is 28.1 Å². The first-order chi connectivity index (χ1) is 13.9. The maximum atomic E-state index is 13.2. The van der Waals surface area contributed by atoms with E-state index in [9.17, 15) is 9.18 Å². The molecule has 0 aliphatic carbocycles. The van der Waals surface area contributed by atoms with Gasteiger partial charge < -0.3 is 9.64 Å². The van der Waals surface area contributed by atoms with Crippen LogP contribution in [-0.4, -0.2) is 44.0 Å². The number of ether oxygens (including phenoxy) is 1. The van der Waals surface area contributed by atoms with Gasteiger partial charge in [-0.2, -0.15) is 10.2 Å². The van der Waals surface area contributed by atoms with Crippen molar-refractivity contribution in [2.75, 3.05) is 13.7 Å². The zero-order valence-electron chi connectivity index (χ0n) is 16.9. The smallest absolute Gasteiger partial charge is 0.274 e. The molecule has 0 N–H and O–H groups in total. The highest BCUT2D eigenvalue weighted by molar-refractivity contribution is 5.93. The van der Waals surface area contributed by atoms with Gasteiger partial charge in [-0.15, -0.1) is 0 Å². The van der Waals surface area contributed by atoms with Gasteiger partial charge >= 0.3 is 0 Å². The first kappa shape index (κ1) is 19.3. The minimum absolute atomic E-state index is 0.146. The number of hydrogen-bond donors (Lipinski definition) is 0. The molecule has 1 aromatic carbocycles. The van der Waals surface area contributed by atoms with Gasteiger partial charge in [-0.3, -0.25) is 14.2 Å². The van der Waals surface area contributed by atoms with Crippen molar-refractivity contribution in [2.45, 2.75) is 33.0 Å². The van der Waals surface area contributed by atoms with E-state index in [1.54, 1.807) is 28.8 Å². The number of fused-ring (bicyclic) bond motifs is 1. The van der Waals surface area contributed by atoms with Crippen LogP contribution < -0.4 is 0 Å². The summed E-state index contributed by atoms with van der Waals surface area (Å²) in [6, 6.07) is 6.35. The second kappa shape index (κ2) is 7.79. The van der Waals surface area contributed by atoms with Crippen molar-refractivity contribution in [1.82, 2.24) is 24.5 Å². The Morgan fingerprint density at radius 2 is 2.03 bits per heavy atom. The molecule has 152 valence electrons. The van der Waals surface area contributed by atoms with Crippen molar-refractivity contribution in [1.29, 1.82) is 0 Å². The van der Waals surface area contributed by atoms with Gasteiger partial charge in [0.1, 0.15) is 5.82 Å². The highest BCUT2D eigenvalue weighted by Crippen LogP contribution is 2.23. The summed E-state index contributed by atoms with van der Waals surface area (Å²) in [5.74, 6) is -0.416. The Balaban J connectivity index is 1.60. The molecule has 0 bridgehead atoms. The van der Waals surface area contributed by atoms with E-state index in [2.05, 4.69) is 10.2 Å². The predicted octanol–water partition coefficient (Wildman–Crippen LogP) is 2.46. The Bertz CT molecular complexity index is 1040. The standard InChI is InChI=1S/C21H24FN5O2/c1-14-16(12-26(3)23-14)11-25(2)21(28)20-18-13-29-9-8-19(18)27(24-20)10-15-4-6-17(22)7-5-15/h4-7,12H,8-11,13H2,1-3H3. The molecule has 8 heteroatoms. The molecule has 1 aliphatic heterocycles. The van der Waals surface area contributed by atoms with E-state index in [4.69, 9.17) is 4.74 Å². The molecule has 0 fully saturated rings. The van der Waals surface area contributed by atoms with Gasteiger partial charge in [0.15, 0.2) is 5.69 Å². The van der Waals surface area contributed by atoms with E-state index in [1.165, 1.54) is 12.1 Å². The monoisotopic (exact) mass is 397 g/mol. The molecular formula is C21H24FN5O2. The number of hydrogen-bond acceptors (Lipinski definition) is 4. The molecule has 0 unspecified atom stereocenters. The highest BCUT2D eigenvalue weighted by atomic mass is 19.1. The number of benzene rings is 1. The van der Waals surface area contributed by atoms with Crippen molar-refractivity contribution in [3.05, 3.63) is 70.1 Å². The third kappa shape index (κ3) is 3.93. The molecular weight excluding hydrogens is 373 g/mol. The Labute approximate surface area is 168 Å². The number of halogens is 1. The first-order valence-corrected chi connectivity index (χ1v) is 9.57. The predicted molar refractivity (Wildman–Crippen MR) is 105 cm³/mol. The maximum Gasteiger partial charge on any atom is 0.274 e. The topological polar surface area (TPSA) is 65.2 Å². The van der Waals surface area contributed by atoms with Crippen LogP contribution >= 0.6 is 0 Å². The molecule has 4 rings (SSSR count). The van der Waals surface area contributed by atoms with Gasteiger partial charge in [-0.1, -0.05) is 12.1 Å².